The largest absolute Gasteiger partial charge is 0.480 e. The highest BCUT2D eigenvalue weighted by Gasteiger charge is 2.21. The molecule has 2 N–H and O–H groups in total. The van der Waals surface area contributed by atoms with E-state index in [9.17, 15) is 13.2 Å². The molecule has 0 fully saturated rings. The van der Waals surface area contributed by atoms with Crippen molar-refractivity contribution in [1.82, 2.24) is 4.72 Å². The van der Waals surface area contributed by atoms with Crippen LogP contribution in [0.3, 0.4) is 0 Å². The monoisotopic (exact) mass is 243 g/mol. The summed E-state index contributed by atoms with van der Waals surface area (Å²) in [6.45, 7) is 0. The van der Waals surface area contributed by atoms with E-state index in [1.54, 1.807) is 24.3 Å². The highest BCUT2D eigenvalue weighted by molar-refractivity contribution is 7.88. The Morgan fingerprint density at radius 3 is 2.38 bits per heavy atom. The third-order valence-electron chi connectivity index (χ3n) is 1.94. The smallest absolute Gasteiger partial charge is 0.322 e. The molecule has 6 heteroatoms. The van der Waals surface area contributed by atoms with E-state index >= 15 is 0 Å². The lowest BCUT2D eigenvalue weighted by Gasteiger charge is -2.12. The number of hydrogen-bond acceptors (Lipinski definition) is 3. The van der Waals surface area contributed by atoms with Crippen LogP contribution in [0.5, 0.6) is 0 Å². The lowest BCUT2D eigenvalue weighted by Crippen LogP contribution is -2.41. The van der Waals surface area contributed by atoms with Crippen molar-refractivity contribution in [2.45, 2.75) is 12.5 Å². The van der Waals surface area contributed by atoms with Crippen LogP contribution in [0.2, 0.25) is 0 Å². The Bertz CT molecular complexity index is 455. The number of carboxylic acids is 1. The zero-order chi connectivity index (χ0) is 12.2. The van der Waals surface area contributed by atoms with Crippen LogP contribution in [0.25, 0.3) is 0 Å². The molecule has 16 heavy (non-hydrogen) atoms. The number of hydrogen-bond donors (Lipinski definition) is 2. The van der Waals surface area contributed by atoms with Crippen LogP contribution >= 0.6 is 0 Å². The normalized spacial score (nSPS) is 13.3. The van der Waals surface area contributed by atoms with Gasteiger partial charge in [0.25, 0.3) is 0 Å². The molecule has 0 radical (unpaired) electrons. The minimum atomic E-state index is -3.52. The van der Waals surface area contributed by atoms with Gasteiger partial charge in [-0.1, -0.05) is 30.3 Å². The lowest BCUT2D eigenvalue weighted by atomic mass is 10.1. The maximum absolute atomic E-state index is 11.0. The first kappa shape index (κ1) is 12.7. The Morgan fingerprint density at radius 1 is 1.38 bits per heavy atom. The van der Waals surface area contributed by atoms with Crippen LogP contribution in [0, 0.1) is 0 Å². The van der Waals surface area contributed by atoms with Gasteiger partial charge in [0.2, 0.25) is 10.0 Å². The summed E-state index contributed by atoms with van der Waals surface area (Å²) in [6, 6.07) is 7.73. The Labute approximate surface area is 94.2 Å². The average Bonchev–Trinajstić information content (AvgIpc) is 2.16. The van der Waals surface area contributed by atoms with Crippen molar-refractivity contribution in [2.24, 2.45) is 0 Å². The Kier molecular flexibility index (Phi) is 4.03. The van der Waals surface area contributed by atoms with E-state index in [4.69, 9.17) is 5.11 Å². The van der Waals surface area contributed by atoms with Gasteiger partial charge >= 0.3 is 5.97 Å². The van der Waals surface area contributed by atoms with E-state index in [0.29, 0.717) is 0 Å². The Balaban J connectivity index is 2.77. The molecule has 0 aliphatic carbocycles. The molecule has 5 nitrogen and oxygen atoms in total. The number of benzene rings is 1. The van der Waals surface area contributed by atoms with Gasteiger partial charge in [-0.05, 0) is 12.0 Å². The first-order valence-electron chi connectivity index (χ1n) is 4.62. The third-order valence-corrected chi connectivity index (χ3v) is 2.65. The first-order valence-corrected chi connectivity index (χ1v) is 6.51. The molecule has 0 saturated carbocycles. The highest BCUT2D eigenvalue weighted by Crippen LogP contribution is 2.04. The second-order valence-electron chi connectivity index (χ2n) is 3.47. The fourth-order valence-corrected chi connectivity index (χ4v) is 1.99. The molecule has 0 aromatic heterocycles. The molecule has 0 bridgehead atoms. The minimum Gasteiger partial charge on any atom is -0.480 e. The topological polar surface area (TPSA) is 83.5 Å². The number of rotatable bonds is 5. The zero-order valence-corrected chi connectivity index (χ0v) is 9.57. The van der Waals surface area contributed by atoms with Gasteiger partial charge in [-0.3, -0.25) is 4.79 Å². The molecule has 1 atom stereocenters. The number of carboxylic acid groups (broad SMARTS) is 1. The quantitative estimate of drug-likeness (QED) is 0.775. The average molecular weight is 243 g/mol. The van der Waals surface area contributed by atoms with E-state index in [-0.39, 0.29) is 6.42 Å². The van der Waals surface area contributed by atoms with Gasteiger partial charge in [0.1, 0.15) is 6.04 Å². The first-order chi connectivity index (χ1) is 7.38. The van der Waals surface area contributed by atoms with Crippen molar-refractivity contribution in [3.05, 3.63) is 35.9 Å². The summed E-state index contributed by atoms with van der Waals surface area (Å²) in [5, 5.41) is 8.87. The Morgan fingerprint density at radius 2 is 1.94 bits per heavy atom. The Hall–Kier alpha value is -1.40. The van der Waals surface area contributed by atoms with Gasteiger partial charge in [0, 0.05) is 0 Å². The minimum absolute atomic E-state index is 0.128. The summed E-state index contributed by atoms with van der Waals surface area (Å²) in [6.07, 6.45) is 1.07. The van der Waals surface area contributed by atoms with Crippen molar-refractivity contribution >= 4 is 16.0 Å². The highest BCUT2D eigenvalue weighted by atomic mass is 32.2. The molecule has 1 aromatic rings. The van der Waals surface area contributed by atoms with E-state index in [0.717, 1.165) is 11.8 Å². The summed E-state index contributed by atoms with van der Waals surface area (Å²) in [4.78, 5) is 10.9. The molecule has 0 aliphatic heterocycles. The van der Waals surface area contributed by atoms with E-state index in [1.807, 2.05) is 6.07 Å². The van der Waals surface area contributed by atoms with Crippen molar-refractivity contribution in [2.75, 3.05) is 6.26 Å². The predicted molar refractivity (Wildman–Crippen MR) is 59.5 cm³/mol. The standard InChI is InChI=1S/C10H13NO4S/c1-16(14,15)11-9(10(12)13)7-8-5-3-2-4-6-8/h2-6,9,11H,7H2,1H3,(H,12,13)/t9-/m0/s1. The maximum Gasteiger partial charge on any atom is 0.322 e. The second kappa shape index (κ2) is 5.09. The van der Waals surface area contributed by atoms with E-state index < -0.39 is 22.0 Å². The van der Waals surface area contributed by atoms with Gasteiger partial charge < -0.3 is 5.11 Å². The van der Waals surface area contributed by atoms with Crippen LogP contribution in [0.1, 0.15) is 5.56 Å². The van der Waals surface area contributed by atoms with Crippen LogP contribution in [-0.2, 0) is 21.2 Å². The molecule has 0 heterocycles. The van der Waals surface area contributed by atoms with Gasteiger partial charge in [-0.15, -0.1) is 0 Å². The lowest BCUT2D eigenvalue weighted by molar-refractivity contribution is -0.138. The maximum atomic E-state index is 11.0. The summed E-state index contributed by atoms with van der Waals surface area (Å²) in [7, 11) is -3.52. The van der Waals surface area contributed by atoms with Gasteiger partial charge in [-0.25, -0.2) is 13.1 Å². The van der Waals surface area contributed by atoms with Crippen LogP contribution in [0.15, 0.2) is 30.3 Å². The molecule has 0 unspecified atom stereocenters. The molecule has 0 aliphatic rings. The number of carbonyl (C=O) groups is 1. The molecule has 0 spiro atoms. The van der Waals surface area contributed by atoms with Crippen molar-refractivity contribution in [1.29, 1.82) is 0 Å². The summed E-state index contributed by atoms with van der Waals surface area (Å²) in [5.41, 5.74) is 0.769. The van der Waals surface area contributed by atoms with Gasteiger partial charge in [0.15, 0.2) is 0 Å². The predicted octanol–water partition coefficient (Wildman–Crippen LogP) is 0.231. The second-order valence-corrected chi connectivity index (χ2v) is 5.25. The summed E-state index contributed by atoms with van der Waals surface area (Å²) < 4.78 is 24.0. The number of aliphatic carboxylic acids is 1. The van der Waals surface area contributed by atoms with Crippen LogP contribution in [0.4, 0.5) is 0 Å². The molecule has 0 amide bonds. The van der Waals surface area contributed by atoms with Crippen LogP contribution < -0.4 is 4.72 Å². The SMILES string of the molecule is CS(=O)(=O)N[C@@H](Cc1ccccc1)C(=O)O. The van der Waals surface area contributed by atoms with Gasteiger partial charge in [0.05, 0.1) is 6.26 Å². The number of nitrogens with one attached hydrogen (secondary N) is 1. The molecular formula is C10H13NO4S. The van der Waals surface area contributed by atoms with Crippen molar-refractivity contribution in [3.63, 3.8) is 0 Å². The van der Waals surface area contributed by atoms with E-state index in [2.05, 4.69) is 4.72 Å². The molecule has 1 aromatic carbocycles. The number of sulfonamides is 1. The molecule has 88 valence electrons. The third kappa shape index (κ3) is 4.41. The van der Waals surface area contributed by atoms with Crippen molar-refractivity contribution < 1.29 is 18.3 Å². The molecular weight excluding hydrogens is 230 g/mol. The van der Waals surface area contributed by atoms with E-state index in [1.165, 1.54) is 0 Å². The summed E-state index contributed by atoms with van der Waals surface area (Å²) in [5.74, 6) is -1.19. The summed E-state index contributed by atoms with van der Waals surface area (Å²) >= 11 is 0. The fourth-order valence-electron chi connectivity index (χ4n) is 1.29. The fraction of sp³-hybridized carbons (Fsp3) is 0.300. The molecule has 0 saturated heterocycles. The van der Waals surface area contributed by atoms with Crippen molar-refractivity contribution in [3.8, 4) is 0 Å². The van der Waals surface area contributed by atoms with Gasteiger partial charge in [-0.2, -0.15) is 0 Å². The zero-order valence-electron chi connectivity index (χ0n) is 8.75. The molecule has 1 rings (SSSR count). The van der Waals surface area contributed by atoms with Crippen LogP contribution in [-0.4, -0.2) is 31.8 Å².